The number of thiocarbonyl (C=S) groups is 1. The number of likely N-dealkylation sites (tertiary alicyclic amines) is 2. The molecule has 0 aromatic carbocycles. The zero-order chi connectivity index (χ0) is 11.5. The van der Waals surface area contributed by atoms with Crippen molar-refractivity contribution in [2.24, 2.45) is 11.7 Å². The molecule has 2 aliphatic heterocycles. The molecule has 0 bridgehead atoms. The van der Waals surface area contributed by atoms with Crippen molar-refractivity contribution in [1.29, 1.82) is 0 Å². The highest BCUT2D eigenvalue weighted by Crippen LogP contribution is 2.29. The van der Waals surface area contributed by atoms with Gasteiger partial charge in [0.1, 0.15) is 0 Å². The first-order chi connectivity index (χ1) is 7.66. The summed E-state index contributed by atoms with van der Waals surface area (Å²) in [6.07, 6.45) is 4.96. The van der Waals surface area contributed by atoms with E-state index in [4.69, 9.17) is 18.0 Å². The van der Waals surface area contributed by atoms with Crippen molar-refractivity contribution in [3.05, 3.63) is 0 Å². The zero-order valence-electron chi connectivity index (χ0n) is 10.2. The number of rotatable bonds is 3. The van der Waals surface area contributed by atoms with E-state index in [0.717, 1.165) is 24.9 Å². The molecule has 2 heterocycles. The third kappa shape index (κ3) is 2.93. The fourth-order valence-corrected chi connectivity index (χ4v) is 3.29. The minimum absolute atomic E-state index is 0.655. The molecule has 2 unspecified atom stereocenters. The Morgan fingerprint density at radius 1 is 1.38 bits per heavy atom. The van der Waals surface area contributed by atoms with Gasteiger partial charge in [-0.2, -0.15) is 0 Å². The fraction of sp³-hybridized carbons (Fsp3) is 0.917. The molecule has 0 amide bonds. The van der Waals surface area contributed by atoms with Gasteiger partial charge in [0.15, 0.2) is 0 Å². The number of nitrogens with two attached hydrogens (primary N) is 1. The van der Waals surface area contributed by atoms with E-state index < -0.39 is 0 Å². The second-order valence-electron chi connectivity index (χ2n) is 5.26. The van der Waals surface area contributed by atoms with Crippen molar-refractivity contribution in [2.45, 2.75) is 31.7 Å². The van der Waals surface area contributed by atoms with Crippen LogP contribution in [0.3, 0.4) is 0 Å². The summed E-state index contributed by atoms with van der Waals surface area (Å²) in [4.78, 5) is 5.75. The van der Waals surface area contributed by atoms with E-state index in [1.807, 2.05) is 0 Å². The van der Waals surface area contributed by atoms with E-state index in [-0.39, 0.29) is 0 Å². The number of fused-ring (bicyclic) bond motifs is 1. The summed E-state index contributed by atoms with van der Waals surface area (Å²) in [7, 11) is 2.28. The molecule has 0 aromatic heterocycles. The molecular formula is C12H23N3S. The third-order valence-electron chi connectivity index (χ3n) is 4.10. The van der Waals surface area contributed by atoms with Crippen LogP contribution in [0.5, 0.6) is 0 Å². The van der Waals surface area contributed by atoms with Crippen LogP contribution in [0, 0.1) is 5.92 Å². The van der Waals surface area contributed by atoms with Gasteiger partial charge in [-0.05, 0) is 45.3 Å². The predicted octanol–water partition coefficient (Wildman–Crippen LogP) is 1.08. The highest BCUT2D eigenvalue weighted by atomic mass is 32.1. The quantitative estimate of drug-likeness (QED) is 0.750. The summed E-state index contributed by atoms with van der Waals surface area (Å²) in [5, 5.41) is 0. The van der Waals surface area contributed by atoms with Crippen LogP contribution in [0.25, 0.3) is 0 Å². The minimum atomic E-state index is 0.655. The van der Waals surface area contributed by atoms with Crippen molar-refractivity contribution in [3.63, 3.8) is 0 Å². The van der Waals surface area contributed by atoms with E-state index in [0.29, 0.717) is 4.99 Å². The maximum atomic E-state index is 5.56. The van der Waals surface area contributed by atoms with Gasteiger partial charge in [0.25, 0.3) is 0 Å². The van der Waals surface area contributed by atoms with Gasteiger partial charge in [-0.25, -0.2) is 0 Å². The van der Waals surface area contributed by atoms with Crippen LogP contribution in [-0.4, -0.2) is 54.1 Å². The molecule has 2 atom stereocenters. The number of hydrogen-bond acceptors (Lipinski definition) is 3. The molecule has 16 heavy (non-hydrogen) atoms. The summed E-state index contributed by atoms with van der Waals surface area (Å²) in [5.74, 6) is 0.874. The smallest absolute Gasteiger partial charge is 0.0740 e. The van der Waals surface area contributed by atoms with Gasteiger partial charge in [-0.15, -0.1) is 0 Å². The monoisotopic (exact) mass is 241 g/mol. The van der Waals surface area contributed by atoms with Crippen molar-refractivity contribution in [3.8, 4) is 0 Å². The average molecular weight is 241 g/mol. The van der Waals surface area contributed by atoms with Crippen molar-refractivity contribution in [2.75, 3.05) is 33.2 Å². The van der Waals surface area contributed by atoms with Gasteiger partial charge in [0.2, 0.25) is 0 Å². The summed E-state index contributed by atoms with van der Waals surface area (Å²) < 4.78 is 0. The summed E-state index contributed by atoms with van der Waals surface area (Å²) >= 11 is 4.94. The van der Waals surface area contributed by atoms with Crippen molar-refractivity contribution < 1.29 is 0 Å². The molecule has 0 aromatic rings. The Kier molecular flexibility index (Phi) is 4.16. The van der Waals surface area contributed by atoms with Gasteiger partial charge in [-0.1, -0.05) is 12.2 Å². The minimum Gasteiger partial charge on any atom is -0.393 e. The zero-order valence-corrected chi connectivity index (χ0v) is 11.0. The topological polar surface area (TPSA) is 32.5 Å². The van der Waals surface area contributed by atoms with Gasteiger partial charge < -0.3 is 15.5 Å². The molecular weight excluding hydrogens is 218 g/mol. The van der Waals surface area contributed by atoms with Gasteiger partial charge >= 0.3 is 0 Å². The molecule has 2 rings (SSSR count). The number of hydrogen-bond donors (Lipinski definition) is 1. The number of piperidine rings is 2. The molecule has 2 N–H and O–H groups in total. The van der Waals surface area contributed by atoms with E-state index in [1.165, 1.54) is 38.9 Å². The first-order valence-corrected chi connectivity index (χ1v) is 6.78. The maximum Gasteiger partial charge on any atom is 0.0740 e. The molecule has 2 fully saturated rings. The van der Waals surface area contributed by atoms with Crippen LogP contribution in [0.4, 0.5) is 0 Å². The van der Waals surface area contributed by atoms with E-state index in [2.05, 4.69) is 16.8 Å². The highest BCUT2D eigenvalue weighted by molar-refractivity contribution is 7.80. The van der Waals surface area contributed by atoms with E-state index in [1.54, 1.807) is 0 Å². The van der Waals surface area contributed by atoms with Crippen LogP contribution in [0.15, 0.2) is 0 Å². The standard InChI is InChI=1S/C12H23N3S/c1-14-6-2-3-10-9-15(7-4-11(10)14)8-5-12(13)16/h10-11H,2-9H2,1H3,(H2,13,16). The van der Waals surface area contributed by atoms with Crippen LogP contribution < -0.4 is 5.73 Å². The van der Waals surface area contributed by atoms with Gasteiger partial charge in [0.05, 0.1) is 4.99 Å². The first kappa shape index (κ1) is 12.3. The predicted molar refractivity (Wildman–Crippen MR) is 71.6 cm³/mol. The lowest BCUT2D eigenvalue weighted by molar-refractivity contribution is 0.0398. The summed E-state index contributed by atoms with van der Waals surface area (Å²) in [6, 6.07) is 0.829. The Bertz CT molecular complexity index is 257. The molecule has 2 saturated heterocycles. The Balaban J connectivity index is 1.83. The van der Waals surface area contributed by atoms with Gasteiger partial charge in [0, 0.05) is 25.6 Å². The second-order valence-corrected chi connectivity index (χ2v) is 5.78. The summed E-state index contributed by atoms with van der Waals surface area (Å²) in [6.45, 7) is 4.81. The number of nitrogens with zero attached hydrogens (tertiary/aromatic N) is 2. The average Bonchev–Trinajstić information content (AvgIpc) is 2.26. The lowest BCUT2D eigenvalue weighted by atomic mass is 9.84. The van der Waals surface area contributed by atoms with Crippen molar-refractivity contribution in [1.82, 2.24) is 9.80 Å². The lowest BCUT2D eigenvalue weighted by Gasteiger charge is -2.46. The molecule has 0 saturated carbocycles. The van der Waals surface area contributed by atoms with Crippen molar-refractivity contribution >= 4 is 17.2 Å². The lowest BCUT2D eigenvalue weighted by Crippen LogP contribution is -2.52. The first-order valence-electron chi connectivity index (χ1n) is 6.37. The Hall–Kier alpha value is -0.190. The third-order valence-corrected chi connectivity index (χ3v) is 4.31. The molecule has 2 aliphatic rings. The summed E-state index contributed by atoms with van der Waals surface area (Å²) in [5.41, 5.74) is 5.56. The molecule has 4 heteroatoms. The SMILES string of the molecule is CN1CCCC2CN(CCC(N)=S)CCC21. The maximum absolute atomic E-state index is 5.56. The van der Waals surface area contributed by atoms with E-state index >= 15 is 0 Å². The Morgan fingerprint density at radius 3 is 2.94 bits per heavy atom. The molecule has 0 spiro atoms. The fourth-order valence-electron chi connectivity index (χ4n) is 3.20. The normalized spacial score (nSPS) is 32.3. The van der Waals surface area contributed by atoms with Gasteiger partial charge in [-0.3, -0.25) is 0 Å². The van der Waals surface area contributed by atoms with Crippen LogP contribution >= 0.6 is 12.2 Å². The van der Waals surface area contributed by atoms with Crippen LogP contribution in [-0.2, 0) is 0 Å². The molecule has 92 valence electrons. The highest BCUT2D eigenvalue weighted by Gasteiger charge is 2.33. The van der Waals surface area contributed by atoms with Crippen LogP contribution in [0.1, 0.15) is 25.7 Å². The van der Waals surface area contributed by atoms with Crippen LogP contribution in [0.2, 0.25) is 0 Å². The molecule has 0 radical (unpaired) electrons. The Labute approximate surface area is 104 Å². The molecule has 0 aliphatic carbocycles. The molecule has 3 nitrogen and oxygen atoms in total. The second kappa shape index (κ2) is 5.43. The Morgan fingerprint density at radius 2 is 2.19 bits per heavy atom. The van der Waals surface area contributed by atoms with E-state index in [9.17, 15) is 0 Å². The largest absolute Gasteiger partial charge is 0.393 e.